The van der Waals surface area contributed by atoms with Gasteiger partial charge in [0, 0.05) is 12.2 Å². The van der Waals surface area contributed by atoms with Crippen LogP contribution in [0.3, 0.4) is 0 Å². The van der Waals surface area contributed by atoms with E-state index in [2.05, 4.69) is 6.92 Å². The van der Waals surface area contributed by atoms with Crippen LogP contribution in [0.2, 0.25) is 0 Å². The van der Waals surface area contributed by atoms with Crippen LogP contribution in [0.15, 0.2) is 0 Å². The summed E-state index contributed by atoms with van der Waals surface area (Å²) in [4.78, 5) is 21.7. The summed E-state index contributed by atoms with van der Waals surface area (Å²) in [6, 6.07) is 0. The van der Waals surface area contributed by atoms with Gasteiger partial charge >= 0.3 is 5.97 Å². The van der Waals surface area contributed by atoms with Crippen molar-refractivity contribution in [3.05, 3.63) is 0 Å². The Morgan fingerprint density at radius 3 is 1.89 bits per heavy atom. The lowest BCUT2D eigenvalue weighted by Gasteiger charge is -2.02. The monoisotopic (exact) mass is 288 g/mol. The zero-order chi connectivity index (χ0) is 14.3. The number of hydrogen-bond acceptors (Lipinski definition) is 3. The molecule has 1 N–H and O–H groups in total. The number of aliphatic carboxylic acids is 1. The number of unbranched alkanes of at least 4 members (excludes halogenated alkanes) is 8. The third-order valence-corrected chi connectivity index (χ3v) is 4.00. The van der Waals surface area contributed by atoms with Crippen LogP contribution in [0.4, 0.5) is 0 Å². The molecule has 0 aliphatic heterocycles. The SMILES string of the molecule is CCCCCCCCCCCC(=O)SCCC(=O)O. The van der Waals surface area contributed by atoms with Gasteiger partial charge in [-0.25, -0.2) is 0 Å². The van der Waals surface area contributed by atoms with E-state index in [0.29, 0.717) is 12.2 Å². The minimum absolute atomic E-state index is 0.0775. The van der Waals surface area contributed by atoms with Crippen LogP contribution in [-0.4, -0.2) is 21.9 Å². The molecule has 0 bridgehead atoms. The summed E-state index contributed by atoms with van der Waals surface area (Å²) in [6.07, 6.45) is 11.9. The molecule has 0 atom stereocenters. The Morgan fingerprint density at radius 2 is 1.37 bits per heavy atom. The molecule has 0 radical (unpaired) electrons. The molecule has 112 valence electrons. The van der Waals surface area contributed by atoms with Crippen molar-refractivity contribution in [3.8, 4) is 0 Å². The fourth-order valence-corrected chi connectivity index (χ4v) is 2.70. The summed E-state index contributed by atoms with van der Waals surface area (Å²) in [5, 5.41) is 8.60. The van der Waals surface area contributed by atoms with Gasteiger partial charge in [0.25, 0.3) is 0 Å². The Kier molecular flexibility index (Phi) is 13.5. The minimum Gasteiger partial charge on any atom is -0.481 e. The van der Waals surface area contributed by atoms with Crippen LogP contribution in [0.25, 0.3) is 0 Å². The van der Waals surface area contributed by atoms with E-state index in [9.17, 15) is 9.59 Å². The number of rotatable bonds is 13. The summed E-state index contributed by atoms with van der Waals surface area (Å²) < 4.78 is 0. The zero-order valence-electron chi connectivity index (χ0n) is 12.2. The van der Waals surface area contributed by atoms with Gasteiger partial charge in [-0.05, 0) is 6.42 Å². The molecule has 0 aromatic heterocycles. The minimum atomic E-state index is -0.830. The molecule has 0 aromatic carbocycles. The summed E-state index contributed by atoms with van der Waals surface area (Å²) in [7, 11) is 0. The highest BCUT2D eigenvalue weighted by Crippen LogP contribution is 2.13. The van der Waals surface area contributed by atoms with Gasteiger partial charge in [-0.1, -0.05) is 70.1 Å². The molecule has 0 spiro atoms. The molecular weight excluding hydrogens is 260 g/mol. The van der Waals surface area contributed by atoms with Crippen LogP contribution >= 0.6 is 11.8 Å². The van der Waals surface area contributed by atoms with Crippen LogP contribution in [-0.2, 0) is 9.59 Å². The smallest absolute Gasteiger partial charge is 0.304 e. The number of carboxylic acid groups (broad SMARTS) is 1. The number of carbonyl (C=O) groups excluding carboxylic acids is 1. The van der Waals surface area contributed by atoms with Crippen molar-refractivity contribution in [1.29, 1.82) is 0 Å². The normalized spacial score (nSPS) is 10.6. The third-order valence-electron chi connectivity index (χ3n) is 3.06. The highest BCUT2D eigenvalue weighted by molar-refractivity contribution is 8.13. The van der Waals surface area contributed by atoms with Crippen LogP contribution < -0.4 is 0 Å². The first kappa shape index (κ1) is 18.5. The molecule has 0 fully saturated rings. The van der Waals surface area contributed by atoms with E-state index in [1.807, 2.05) is 0 Å². The van der Waals surface area contributed by atoms with Crippen molar-refractivity contribution in [2.75, 3.05) is 5.75 Å². The lowest BCUT2D eigenvalue weighted by Crippen LogP contribution is -1.99. The van der Waals surface area contributed by atoms with Gasteiger partial charge in [0.05, 0.1) is 6.42 Å². The lowest BCUT2D eigenvalue weighted by molar-refractivity contribution is -0.136. The quantitative estimate of drug-likeness (QED) is 0.501. The number of carbonyl (C=O) groups is 2. The van der Waals surface area contributed by atoms with Gasteiger partial charge in [0.2, 0.25) is 0 Å². The summed E-state index contributed by atoms with van der Waals surface area (Å²) in [5.74, 6) is -0.422. The second-order valence-electron chi connectivity index (χ2n) is 4.94. The standard InChI is InChI=1S/C15H28O3S/c1-2-3-4-5-6-7-8-9-10-11-15(18)19-13-12-14(16)17/h2-13H2,1H3,(H,16,17). The van der Waals surface area contributed by atoms with Crippen molar-refractivity contribution in [3.63, 3.8) is 0 Å². The van der Waals surface area contributed by atoms with Crippen molar-refractivity contribution in [1.82, 2.24) is 0 Å². The van der Waals surface area contributed by atoms with E-state index in [0.717, 1.165) is 24.6 Å². The van der Waals surface area contributed by atoms with E-state index in [1.165, 1.54) is 44.9 Å². The summed E-state index contributed by atoms with van der Waals surface area (Å²) in [5.41, 5.74) is 0. The predicted octanol–water partition coefficient (Wildman–Crippen LogP) is 4.64. The van der Waals surface area contributed by atoms with Gasteiger partial charge in [0.1, 0.15) is 0 Å². The molecule has 0 aliphatic rings. The van der Waals surface area contributed by atoms with Crippen LogP contribution in [0, 0.1) is 0 Å². The van der Waals surface area contributed by atoms with Crippen molar-refractivity contribution in [2.45, 2.75) is 77.6 Å². The fourth-order valence-electron chi connectivity index (χ4n) is 1.90. The Labute approximate surface area is 121 Å². The Bertz CT molecular complexity index is 242. The number of carboxylic acids is 1. The first-order chi connectivity index (χ1) is 9.16. The van der Waals surface area contributed by atoms with E-state index >= 15 is 0 Å². The second-order valence-corrected chi connectivity index (χ2v) is 6.09. The van der Waals surface area contributed by atoms with Crippen LogP contribution in [0.5, 0.6) is 0 Å². The maximum atomic E-state index is 11.4. The van der Waals surface area contributed by atoms with Gasteiger partial charge in [-0.15, -0.1) is 0 Å². The maximum Gasteiger partial charge on any atom is 0.304 e. The molecule has 3 nitrogen and oxygen atoms in total. The molecule has 0 rings (SSSR count). The topological polar surface area (TPSA) is 54.4 Å². The largest absolute Gasteiger partial charge is 0.481 e. The molecule has 0 aromatic rings. The van der Waals surface area contributed by atoms with Crippen molar-refractivity contribution >= 4 is 22.8 Å². The molecule has 4 heteroatoms. The van der Waals surface area contributed by atoms with Crippen molar-refractivity contribution in [2.24, 2.45) is 0 Å². The van der Waals surface area contributed by atoms with Gasteiger partial charge in [0.15, 0.2) is 5.12 Å². The molecule has 19 heavy (non-hydrogen) atoms. The average Bonchev–Trinajstić information content (AvgIpc) is 2.36. The zero-order valence-corrected chi connectivity index (χ0v) is 13.0. The molecule has 0 amide bonds. The van der Waals surface area contributed by atoms with E-state index in [1.54, 1.807) is 0 Å². The summed E-state index contributed by atoms with van der Waals surface area (Å²) in [6.45, 7) is 2.23. The Morgan fingerprint density at radius 1 is 0.842 bits per heavy atom. The number of thioether (sulfide) groups is 1. The number of hydrogen-bond donors (Lipinski definition) is 1. The molecule has 0 saturated heterocycles. The Balaban J connectivity index is 3.16. The predicted molar refractivity (Wildman–Crippen MR) is 81.6 cm³/mol. The lowest BCUT2D eigenvalue weighted by atomic mass is 10.1. The van der Waals surface area contributed by atoms with Gasteiger partial charge < -0.3 is 5.11 Å². The van der Waals surface area contributed by atoms with Gasteiger partial charge in [-0.3, -0.25) is 9.59 Å². The Hall–Kier alpha value is -0.510. The van der Waals surface area contributed by atoms with E-state index in [-0.39, 0.29) is 11.5 Å². The molecular formula is C15H28O3S. The highest BCUT2D eigenvalue weighted by atomic mass is 32.2. The van der Waals surface area contributed by atoms with Gasteiger partial charge in [-0.2, -0.15) is 0 Å². The first-order valence-corrected chi connectivity index (χ1v) is 8.52. The highest BCUT2D eigenvalue weighted by Gasteiger charge is 2.04. The average molecular weight is 288 g/mol. The van der Waals surface area contributed by atoms with Crippen LogP contribution in [0.1, 0.15) is 77.6 Å². The molecule has 0 saturated carbocycles. The fraction of sp³-hybridized carbons (Fsp3) is 0.867. The third kappa shape index (κ3) is 15.4. The molecule has 0 aliphatic carbocycles. The second kappa shape index (κ2) is 13.9. The summed E-state index contributed by atoms with van der Waals surface area (Å²) >= 11 is 1.16. The maximum absolute atomic E-state index is 11.4. The van der Waals surface area contributed by atoms with E-state index < -0.39 is 5.97 Å². The van der Waals surface area contributed by atoms with E-state index in [4.69, 9.17) is 5.11 Å². The molecule has 0 unspecified atom stereocenters. The molecule has 0 heterocycles. The van der Waals surface area contributed by atoms with Crippen molar-refractivity contribution < 1.29 is 14.7 Å². The first-order valence-electron chi connectivity index (χ1n) is 7.54.